The molecule has 0 saturated carbocycles. The third kappa shape index (κ3) is 4.08. The Labute approximate surface area is 165 Å². The quantitative estimate of drug-likeness (QED) is 0.765. The normalized spacial score (nSPS) is 21.1. The number of hydrogen-bond donors (Lipinski definition) is 2. The fourth-order valence-corrected chi connectivity index (χ4v) is 4.01. The number of aliphatic hydroxyl groups is 1. The molecule has 1 heterocycles. The van der Waals surface area contributed by atoms with Crippen molar-refractivity contribution in [1.29, 1.82) is 0 Å². The topological polar surface area (TPSA) is 78.9 Å². The molecule has 148 valence electrons. The van der Waals surface area contributed by atoms with Gasteiger partial charge in [0.05, 0.1) is 18.7 Å². The summed E-state index contributed by atoms with van der Waals surface area (Å²) in [6, 6.07) is 17.8. The van der Waals surface area contributed by atoms with Crippen LogP contribution in [-0.4, -0.2) is 60.8 Å². The largest absolute Gasteiger partial charge is 0.394 e. The van der Waals surface area contributed by atoms with Gasteiger partial charge in [-0.05, 0) is 16.7 Å². The zero-order valence-corrected chi connectivity index (χ0v) is 16.2. The van der Waals surface area contributed by atoms with Crippen LogP contribution in [0.4, 0.5) is 0 Å². The van der Waals surface area contributed by atoms with Crippen LogP contribution < -0.4 is 5.32 Å². The van der Waals surface area contributed by atoms with E-state index in [1.165, 1.54) is 14.0 Å². The molecule has 3 rings (SSSR count). The number of carbonyl (C=O) groups excluding carboxylic acids is 2. The highest BCUT2D eigenvalue weighted by Crippen LogP contribution is 2.41. The van der Waals surface area contributed by atoms with Crippen molar-refractivity contribution >= 4 is 11.8 Å². The van der Waals surface area contributed by atoms with Crippen LogP contribution in [0.15, 0.2) is 54.6 Å². The molecule has 0 bridgehead atoms. The van der Waals surface area contributed by atoms with Gasteiger partial charge in [-0.25, -0.2) is 0 Å². The second kappa shape index (κ2) is 8.99. The van der Waals surface area contributed by atoms with Crippen molar-refractivity contribution in [2.45, 2.75) is 24.9 Å². The first-order chi connectivity index (χ1) is 13.6. The van der Waals surface area contributed by atoms with E-state index >= 15 is 0 Å². The lowest BCUT2D eigenvalue weighted by Gasteiger charge is -2.54. The van der Waals surface area contributed by atoms with E-state index in [0.29, 0.717) is 6.54 Å². The lowest BCUT2D eigenvalue weighted by molar-refractivity contribution is -0.148. The van der Waals surface area contributed by atoms with Gasteiger partial charge in [0.1, 0.15) is 6.61 Å². The predicted octanol–water partition coefficient (Wildman–Crippen LogP) is 1.79. The minimum absolute atomic E-state index is 0.0212. The minimum atomic E-state index is -0.288. The maximum absolute atomic E-state index is 12.1. The smallest absolute Gasteiger partial charge is 0.246 e. The predicted molar refractivity (Wildman–Crippen MR) is 107 cm³/mol. The van der Waals surface area contributed by atoms with Crippen molar-refractivity contribution in [2.75, 3.05) is 26.9 Å². The Balaban J connectivity index is 1.80. The lowest BCUT2D eigenvalue weighted by atomic mass is 9.74. The summed E-state index contributed by atoms with van der Waals surface area (Å²) >= 11 is 0. The molecule has 2 aromatic carbocycles. The van der Waals surface area contributed by atoms with E-state index in [9.17, 15) is 14.7 Å². The molecule has 1 saturated heterocycles. The van der Waals surface area contributed by atoms with E-state index in [1.807, 2.05) is 30.3 Å². The number of aliphatic hydroxyl groups excluding tert-OH is 1. The fourth-order valence-electron chi connectivity index (χ4n) is 4.01. The lowest BCUT2D eigenvalue weighted by Crippen LogP contribution is -2.68. The molecule has 0 spiro atoms. The number of rotatable bonds is 7. The van der Waals surface area contributed by atoms with Crippen LogP contribution in [0, 0.1) is 0 Å². The monoisotopic (exact) mass is 382 g/mol. The molecule has 1 fully saturated rings. The van der Waals surface area contributed by atoms with Gasteiger partial charge < -0.3 is 20.1 Å². The molecule has 0 unspecified atom stereocenters. The van der Waals surface area contributed by atoms with E-state index in [2.05, 4.69) is 29.6 Å². The number of nitrogens with one attached hydrogen (secondary N) is 1. The van der Waals surface area contributed by atoms with Crippen LogP contribution in [0.3, 0.4) is 0 Å². The van der Waals surface area contributed by atoms with Gasteiger partial charge >= 0.3 is 0 Å². The molecule has 1 aliphatic heterocycles. The van der Waals surface area contributed by atoms with Crippen molar-refractivity contribution < 1.29 is 19.4 Å². The highest BCUT2D eigenvalue weighted by Gasteiger charge is 2.49. The third-order valence-corrected chi connectivity index (χ3v) is 5.28. The van der Waals surface area contributed by atoms with E-state index in [1.54, 1.807) is 4.90 Å². The second-order valence-corrected chi connectivity index (χ2v) is 6.99. The maximum Gasteiger partial charge on any atom is 0.246 e. The molecule has 0 radical (unpaired) electrons. The zero-order valence-electron chi connectivity index (χ0n) is 16.2. The fraction of sp³-hybridized carbons (Fsp3) is 0.364. The number of amides is 2. The van der Waals surface area contributed by atoms with Gasteiger partial charge in [0.15, 0.2) is 0 Å². The molecule has 6 heteroatoms. The molecule has 2 aromatic rings. The van der Waals surface area contributed by atoms with Gasteiger partial charge in [0.2, 0.25) is 11.8 Å². The van der Waals surface area contributed by atoms with Crippen LogP contribution in [0.1, 0.15) is 18.4 Å². The Morgan fingerprint density at radius 2 is 1.68 bits per heavy atom. The molecule has 0 aromatic heterocycles. The molecule has 2 N–H and O–H groups in total. The third-order valence-electron chi connectivity index (χ3n) is 5.28. The number of nitrogens with zero attached hydrogens (tertiary/aromatic N) is 1. The number of benzene rings is 2. The Morgan fingerprint density at radius 3 is 2.25 bits per heavy atom. The molecule has 1 aliphatic rings. The van der Waals surface area contributed by atoms with Crippen LogP contribution in [0.25, 0.3) is 11.1 Å². The van der Waals surface area contributed by atoms with Gasteiger partial charge in [-0.3, -0.25) is 9.59 Å². The van der Waals surface area contributed by atoms with E-state index in [4.69, 9.17) is 4.74 Å². The van der Waals surface area contributed by atoms with Crippen LogP contribution in [-0.2, 0) is 14.3 Å². The number of likely N-dealkylation sites (tertiary alicyclic amines) is 1. The molecule has 3 atom stereocenters. The van der Waals surface area contributed by atoms with E-state index in [-0.39, 0.29) is 43.0 Å². The molecule has 28 heavy (non-hydrogen) atoms. The molecular formula is C22H26N2O4. The van der Waals surface area contributed by atoms with E-state index in [0.717, 1.165) is 16.7 Å². The summed E-state index contributed by atoms with van der Waals surface area (Å²) in [6.07, 6.45) is 0. The minimum Gasteiger partial charge on any atom is -0.394 e. The van der Waals surface area contributed by atoms with Crippen LogP contribution >= 0.6 is 0 Å². The van der Waals surface area contributed by atoms with Gasteiger partial charge in [-0.15, -0.1) is 0 Å². The van der Waals surface area contributed by atoms with Gasteiger partial charge in [0, 0.05) is 26.5 Å². The Kier molecular flexibility index (Phi) is 6.44. The van der Waals surface area contributed by atoms with Crippen molar-refractivity contribution in [3.63, 3.8) is 0 Å². The highest BCUT2D eigenvalue weighted by molar-refractivity contribution is 5.78. The maximum atomic E-state index is 12.1. The first-order valence-electron chi connectivity index (χ1n) is 9.37. The van der Waals surface area contributed by atoms with Crippen molar-refractivity contribution in [3.05, 3.63) is 60.2 Å². The molecule has 0 aliphatic carbocycles. The van der Waals surface area contributed by atoms with Gasteiger partial charge in [-0.1, -0.05) is 54.6 Å². The SMILES string of the molecule is COCC(=O)NC[C@H]1[C@@H](c2ccc(-c3ccccc3)cc2)[C@@H](CO)N1C(C)=O. The first kappa shape index (κ1) is 20.0. The van der Waals surface area contributed by atoms with Crippen molar-refractivity contribution in [1.82, 2.24) is 10.2 Å². The Hall–Kier alpha value is -2.70. The second-order valence-electron chi connectivity index (χ2n) is 6.99. The van der Waals surface area contributed by atoms with Crippen LogP contribution in [0.2, 0.25) is 0 Å². The van der Waals surface area contributed by atoms with E-state index < -0.39 is 0 Å². The van der Waals surface area contributed by atoms with Crippen molar-refractivity contribution in [3.8, 4) is 11.1 Å². The van der Waals surface area contributed by atoms with Crippen molar-refractivity contribution in [2.24, 2.45) is 0 Å². The standard InChI is InChI=1S/C22H26N2O4/c1-15(26)24-19(12-23-21(27)14-28-2)22(20(24)13-25)18-10-8-17(9-11-18)16-6-4-3-5-7-16/h3-11,19-20,22,25H,12-14H2,1-2H3,(H,23,27)/t19-,20+,22+/m0/s1. The number of carbonyl (C=O) groups is 2. The van der Waals surface area contributed by atoms with Crippen LogP contribution in [0.5, 0.6) is 0 Å². The number of ether oxygens (including phenoxy) is 1. The molecule has 2 amide bonds. The van der Waals surface area contributed by atoms with Gasteiger partial charge in [-0.2, -0.15) is 0 Å². The number of methoxy groups -OCH3 is 1. The highest BCUT2D eigenvalue weighted by atomic mass is 16.5. The first-order valence-corrected chi connectivity index (χ1v) is 9.37. The summed E-state index contributed by atoms with van der Waals surface area (Å²) in [6.45, 7) is 1.67. The van der Waals surface area contributed by atoms with Gasteiger partial charge in [0.25, 0.3) is 0 Å². The summed E-state index contributed by atoms with van der Waals surface area (Å²) in [5.41, 5.74) is 3.29. The molecular weight excluding hydrogens is 356 g/mol. The number of hydrogen-bond acceptors (Lipinski definition) is 4. The summed E-state index contributed by atoms with van der Waals surface area (Å²) in [4.78, 5) is 25.5. The Morgan fingerprint density at radius 1 is 1.04 bits per heavy atom. The Bertz CT molecular complexity index is 807. The average Bonchev–Trinajstić information content (AvgIpc) is 2.68. The zero-order chi connectivity index (χ0) is 20.1. The summed E-state index contributed by atoms with van der Waals surface area (Å²) in [7, 11) is 1.46. The molecule has 6 nitrogen and oxygen atoms in total. The average molecular weight is 382 g/mol. The summed E-state index contributed by atoms with van der Waals surface area (Å²) < 4.78 is 4.84. The summed E-state index contributed by atoms with van der Waals surface area (Å²) in [5, 5.41) is 12.7. The summed E-state index contributed by atoms with van der Waals surface area (Å²) in [5.74, 6) is -0.375.